The van der Waals surface area contributed by atoms with Gasteiger partial charge in [-0.15, -0.1) is 0 Å². The summed E-state index contributed by atoms with van der Waals surface area (Å²) in [6.45, 7) is 6.66. The van der Waals surface area contributed by atoms with Crippen molar-refractivity contribution in [3.05, 3.63) is 72.2 Å². The minimum absolute atomic E-state index is 0.0672. The summed E-state index contributed by atoms with van der Waals surface area (Å²) in [7, 11) is 0. The normalized spacial score (nSPS) is 15.0. The van der Waals surface area contributed by atoms with Crippen molar-refractivity contribution in [3.8, 4) is 5.75 Å². The number of piperazine rings is 1. The number of rotatable bonds is 8. The number of aromatic nitrogens is 2. The molecule has 0 atom stereocenters. The van der Waals surface area contributed by atoms with Gasteiger partial charge in [-0.25, -0.2) is 9.37 Å². The summed E-state index contributed by atoms with van der Waals surface area (Å²) < 4.78 is 14.1. The van der Waals surface area contributed by atoms with Crippen LogP contribution in [-0.4, -0.2) is 64.1 Å². The monoisotopic (exact) mass is 422 g/mol. The Morgan fingerprint density at radius 1 is 0.968 bits per heavy atom. The lowest BCUT2D eigenvalue weighted by molar-refractivity contribution is 0.130. The van der Waals surface area contributed by atoms with Gasteiger partial charge in [0.05, 0.1) is 6.20 Å². The highest BCUT2D eigenvalue weighted by Crippen LogP contribution is 2.21. The fourth-order valence-corrected chi connectivity index (χ4v) is 3.60. The first-order chi connectivity index (χ1) is 15.2. The summed E-state index contributed by atoms with van der Waals surface area (Å²) in [5, 5.41) is 15.6. The van der Waals surface area contributed by atoms with E-state index in [-0.39, 0.29) is 11.6 Å². The third-order valence-corrected chi connectivity index (χ3v) is 5.28. The molecule has 1 fully saturated rings. The first-order valence-electron chi connectivity index (χ1n) is 10.5. The molecule has 2 aromatic carbocycles. The van der Waals surface area contributed by atoms with Crippen LogP contribution in [0.4, 0.5) is 21.8 Å². The van der Waals surface area contributed by atoms with Gasteiger partial charge < -0.3 is 15.7 Å². The van der Waals surface area contributed by atoms with Crippen LogP contribution < -0.4 is 10.6 Å². The van der Waals surface area contributed by atoms with Gasteiger partial charge in [-0.2, -0.15) is 4.98 Å². The zero-order valence-electron chi connectivity index (χ0n) is 17.3. The average Bonchev–Trinajstić information content (AvgIpc) is 2.78. The van der Waals surface area contributed by atoms with Crippen LogP contribution in [0.5, 0.6) is 5.75 Å². The van der Waals surface area contributed by atoms with Crippen molar-refractivity contribution in [2.75, 3.05) is 49.9 Å². The molecule has 1 aliphatic heterocycles. The Bertz CT molecular complexity index is 979. The fourth-order valence-electron chi connectivity index (χ4n) is 3.60. The molecule has 0 spiro atoms. The number of phenolic OH excluding ortho intramolecular Hbond substituents is 1. The highest BCUT2D eigenvalue weighted by atomic mass is 19.1. The van der Waals surface area contributed by atoms with Crippen LogP contribution in [0.25, 0.3) is 0 Å². The molecule has 0 unspecified atom stereocenters. The number of nitrogens with one attached hydrogen (secondary N) is 2. The number of hydrogen-bond donors (Lipinski definition) is 3. The summed E-state index contributed by atoms with van der Waals surface area (Å²) in [5.74, 6) is -0.0190. The van der Waals surface area contributed by atoms with Crippen molar-refractivity contribution < 1.29 is 9.50 Å². The molecule has 0 amide bonds. The molecule has 3 N–H and O–H groups in total. The number of anilines is 3. The molecule has 0 bridgehead atoms. The number of halogens is 1. The van der Waals surface area contributed by atoms with Crippen molar-refractivity contribution in [2.45, 2.75) is 6.54 Å². The minimum Gasteiger partial charge on any atom is -0.508 e. The summed E-state index contributed by atoms with van der Waals surface area (Å²) in [5.41, 5.74) is 1.90. The molecular weight excluding hydrogens is 395 g/mol. The van der Waals surface area contributed by atoms with Gasteiger partial charge in [-0.05, 0) is 17.7 Å². The largest absolute Gasteiger partial charge is 0.508 e. The molecule has 1 aliphatic rings. The van der Waals surface area contributed by atoms with E-state index in [2.05, 4.69) is 54.7 Å². The van der Waals surface area contributed by atoms with E-state index in [1.54, 1.807) is 18.2 Å². The zero-order chi connectivity index (χ0) is 21.5. The van der Waals surface area contributed by atoms with Crippen LogP contribution in [-0.2, 0) is 6.54 Å². The molecule has 0 radical (unpaired) electrons. The maximum atomic E-state index is 14.1. The van der Waals surface area contributed by atoms with Gasteiger partial charge in [0.15, 0.2) is 11.6 Å². The highest BCUT2D eigenvalue weighted by Gasteiger charge is 2.16. The third-order valence-electron chi connectivity index (χ3n) is 5.28. The first-order valence-corrected chi connectivity index (χ1v) is 10.5. The lowest BCUT2D eigenvalue weighted by Crippen LogP contribution is -2.47. The van der Waals surface area contributed by atoms with Gasteiger partial charge in [-0.1, -0.05) is 36.4 Å². The maximum absolute atomic E-state index is 14.1. The molecule has 2 heterocycles. The van der Waals surface area contributed by atoms with Crippen LogP contribution in [0.1, 0.15) is 5.56 Å². The van der Waals surface area contributed by atoms with Crippen LogP contribution in [0.3, 0.4) is 0 Å². The second kappa shape index (κ2) is 10.2. The Hall–Kier alpha value is -3.23. The summed E-state index contributed by atoms with van der Waals surface area (Å²) in [6.07, 6.45) is 1.14. The quantitative estimate of drug-likeness (QED) is 0.514. The second-order valence-corrected chi connectivity index (χ2v) is 7.60. The standard InChI is InChI=1S/C23H27FN6O/c24-21-16-26-23(28-22(21)27-19-7-4-8-20(31)15-19)25-9-10-29-11-13-30(14-12-29)17-18-5-2-1-3-6-18/h1-8,15-16,31H,9-14,17H2,(H2,25,26,27,28). The molecule has 8 heteroatoms. The molecule has 4 rings (SSSR count). The van der Waals surface area contributed by atoms with Crippen molar-refractivity contribution in [3.63, 3.8) is 0 Å². The Labute approximate surface area is 181 Å². The number of nitrogens with zero attached hydrogens (tertiary/aromatic N) is 4. The van der Waals surface area contributed by atoms with E-state index in [9.17, 15) is 9.50 Å². The van der Waals surface area contributed by atoms with Gasteiger partial charge in [0.25, 0.3) is 0 Å². The van der Waals surface area contributed by atoms with E-state index in [0.29, 0.717) is 18.2 Å². The third kappa shape index (κ3) is 6.13. The molecule has 3 aromatic rings. The number of aromatic hydroxyl groups is 1. The number of benzene rings is 2. The summed E-state index contributed by atoms with van der Waals surface area (Å²) in [4.78, 5) is 13.1. The molecular formula is C23H27FN6O. The molecule has 0 saturated carbocycles. The van der Waals surface area contributed by atoms with Crippen LogP contribution in [0.2, 0.25) is 0 Å². The molecule has 7 nitrogen and oxygen atoms in total. The van der Waals surface area contributed by atoms with Gasteiger partial charge >= 0.3 is 0 Å². The topological polar surface area (TPSA) is 76.6 Å². The van der Waals surface area contributed by atoms with Gasteiger partial charge in [0.2, 0.25) is 5.95 Å². The molecule has 0 aliphatic carbocycles. The fraction of sp³-hybridized carbons (Fsp3) is 0.304. The first kappa shape index (κ1) is 21.0. The smallest absolute Gasteiger partial charge is 0.224 e. The van der Waals surface area contributed by atoms with Crippen molar-refractivity contribution in [2.24, 2.45) is 0 Å². The van der Waals surface area contributed by atoms with E-state index < -0.39 is 5.82 Å². The molecule has 1 aromatic heterocycles. The van der Waals surface area contributed by atoms with E-state index >= 15 is 0 Å². The van der Waals surface area contributed by atoms with Crippen molar-refractivity contribution >= 4 is 17.5 Å². The lowest BCUT2D eigenvalue weighted by Gasteiger charge is -2.34. The number of phenols is 1. The Kier molecular flexibility index (Phi) is 6.91. The minimum atomic E-state index is -0.552. The SMILES string of the molecule is Oc1cccc(Nc2nc(NCCN3CCN(Cc4ccccc4)CC3)ncc2F)c1. The number of hydrogen-bond acceptors (Lipinski definition) is 7. The predicted octanol–water partition coefficient (Wildman–Crippen LogP) is 3.29. The lowest BCUT2D eigenvalue weighted by atomic mass is 10.2. The van der Waals surface area contributed by atoms with E-state index in [1.807, 2.05) is 6.07 Å². The van der Waals surface area contributed by atoms with Gasteiger partial charge in [-0.3, -0.25) is 9.80 Å². The van der Waals surface area contributed by atoms with Crippen LogP contribution in [0, 0.1) is 5.82 Å². The zero-order valence-corrected chi connectivity index (χ0v) is 17.3. The van der Waals surface area contributed by atoms with Crippen LogP contribution >= 0.6 is 0 Å². The van der Waals surface area contributed by atoms with Crippen LogP contribution in [0.15, 0.2) is 60.8 Å². The van der Waals surface area contributed by atoms with E-state index in [4.69, 9.17) is 0 Å². The maximum Gasteiger partial charge on any atom is 0.224 e. The van der Waals surface area contributed by atoms with E-state index in [0.717, 1.165) is 45.5 Å². The highest BCUT2D eigenvalue weighted by molar-refractivity contribution is 5.59. The average molecular weight is 423 g/mol. The van der Waals surface area contributed by atoms with Crippen molar-refractivity contribution in [1.82, 2.24) is 19.8 Å². The van der Waals surface area contributed by atoms with Gasteiger partial charge in [0, 0.05) is 57.6 Å². The summed E-state index contributed by atoms with van der Waals surface area (Å²) in [6, 6.07) is 17.0. The summed E-state index contributed by atoms with van der Waals surface area (Å²) >= 11 is 0. The van der Waals surface area contributed by atoms with Gasteiger partial charge in [0.1, 0.15) is 5.75 Å². The Morgan fingerprint density at radius 2 is 1.74 bits per heavy atom. The molecule has 1 saturated heterocycles. The Balaban J connectivity index is 1.23. The van der Waals surface area contributed by atoms with E-state index in [1.165, 1.54) is 11.6 Å². The molecule has 31 heavy (non-hydrogen) atoms. The predicted molar refractivity (Wildman–Crippen MR) is 120 cm³/mol. The Morgan fingerprint density at radius 3 is 2.52 bits per heavy atom. The molecule has 162 valence electrons. The second-order valence-electron chi connectivity index (χ2n) is 7.60. The van der Waals surface area contributed by atoms with Crippen molar-refractivity contribution in [1.29, 1.82) is 0 Å².